The summed E-state index contributed by atoms with van der Waals surface area (Å²) in [5.74, 6) is 0. The van der Waals surface area contributed by atoms with E-state index in [1.807, 2.05) is 0 Å². The summed E-state index contributed by atoms with van der Waals surface area (Å²) >= 11 is 3.51. The van der Waals surface area contributed by atoms with E-state index in [1.165, 1.54) is 42.5 Å². The normalized spacial score (nSPS) is 11.5. The number of unbranched alkanes of at least 4 members (excludes halogenated alkanes) is 3. The van der Waals surface area contributed by atoms with Crippen molar-refractivity contribution in [2.45, 2.75) is 25.7 Å². The molecule has 0 radical (unpaired) electrons. The van der Waals surface area contributed by atoms with Crippen LogP contribution in [0.3, 0.4) is 0 Å². The molecule has 112 valence electrons. The van der Waals surface area contributed by atoms with Crippen LogP contribution in [0.4, 0.5) is 0 Å². The van der Waals surface area contributed by atoms with E-state index in [2.05, 4.69) is 76.6 Å². The lowest BCUT2D eigenvalue weighted by Crippen LogP contribution is -2.18. The van der Waals surface area contributed by atoms with Gasteiger partial charge < -0.3 is 0 Å². The Bertz CT molecular complexity index is 519. The van der Waals surface area contributed by atoms with Crippen LogP contribution in [0.15, 0.2) is 60.7 Å². The molecule has 0 aliphatic heterocycles. The zero-order valence-corrected chi connectivity index (χ0v) is 15.0. The molecular weight excluding hydrogens is 339 g/mol. The van der Waals surface area contributed by atoms with Gasteiger partial charge in [-0.2, -0.15) is 0 Å². The first-order valence-corrected chi connectivity index (χ1v) is 10.9. The van der Waals surface area contributed by atoms with Crippen LogP contribution < -0.4 is 10.6 Å². The molecule has 2 aromatic rings. The molecule has 0 aromatic heterocycles. The van der Waals surface area contributed by atoms with E-state index in [1.54, 1.807) is 0 Å². The zero-order chi connectivity index (χ0) is 15.0. The summed E-state index contributed by atoms with van der Waals surface area (Å²) in [6.45, 7) is -1.48. The summed E-state index contributed by atoms with van der Waals surface area (Å²) in [6.07, 6.45) is 11.1. The topological polar surface area (TPSA) is 0 Å². The Morgan fingerprint density at radius 1 is 0.714 bits per heavy atom. The lowest BCUT2D eigenvalue weighted by Gasteiger charge is -2.26. The third-order valence-electron chi connectivity index (χ3n) is 3.92. The first-order chi connectivity index (χ1) is 10.3. The van der Waals surface area contributed by atoms with Crippen LogP contribution in [0.2, 0.25) is 0 Å². The molecule has 2 aromatic carbocycles. The van der Waals surface area contributed by atoms with Crippen LogP contribution in [0.1, 0.15) is 25.7 Å². The number of hydrogen-bond donors (Lipinski definition) is 0. The molecule has 2 rings (SSSR count). The van der Waals surface area contributed by atoms with Crippen LogP contribution in [0, 0.1) is 0 Å². The molecule has 0 atom stereocenters. The van der Waals surface area contributed by atoms with Gasteiger partial charge in [0.1, 0.15) is 0 Å². The van der Waals surface area contributed by atoms with E-state index >= 15 is 0 Å². The van der Waals surface area contributed by atoms with E-state index in [0.29, 0.717) is 0 Å². The van der Waals surface area contributed by atoms with Crippen molar-refractivity contribution in [3.8, 4) is 0 Å². The Kier molecular flexibility index (Phi) is 6.80. The average molecular weight is 363 g/mol. The van der Waals surface area contributed by atoms with E-state index in [4.69, 9.17) is 6.30 Å². The Balaban J connectivity index is 2.18. The SMILES string of the molecule is C=P(CCCCCCBr)(c1ccccc1)c1ccccc1. The van der Waals surface area contributed by atoms with Gasteiger partial charge in [0.25, 0.3) is 0 Å². The van der Waals surface area contributed by atoms with Crippen molar-refractivity contribution >= 4 is 39.7 Å². The van der Waals surface area contributed by atoms with Gasteiger partial charge in [0.2, 0.25) is 0 Å². The standard InChI is InChI=1S/C19H24BrP/c1-21(17-11-3-2-10-16-20,18-12-6-4-7-13-18)19-14-8-5-9-15-19/h4-9,12-15H,1-3,10-11,16-17H2. The summed E-state index contributed by atoms with van der Waals surface area (Å²) in [4.78, 5) is 0. The highest BCUT2D eigenvalue weighted by atomic mass is 79.9. The molecule has 0 saturated heterocycles. The molecule has 0 aliphatic carbocycles. The number of rotatable bonds is 8. The maximum Gasteiger partial charge on any atom is 0.00313 e. The predicted octanol–water partition coefficient (Wildman–Crippen LogP) is 5.04. The summed E-state index contributed by atoms with van der Waals surface area (Å²) in [6, 6.07) is 21.8. The number of hydrogen-bond acceptors (Lipinski definition) is 0. The summed E-state index contributed by atoms with van der Waals surface area (Å²) in [5, 5.41) is 3.98. The maximum absolute atomic E-state index is 4.73. The summed E-state index contributed by atoms with van der Waals surface area (Å²) < 4.78 is 0. The Morgan fingerprint density at radius 3 is 1.67 bits per heavy atom. The van der Waals surface area contributed by atoms with Gasteiger partial charge in [-0.1, -0.05) is 103 Å². The van der Waals surface area contributed by atoms with Gasteiger partial charge in [-0.3, -0.25) is 0 Å². The lowest BCUT2D eigenvalue weighted by molar-refractivity contribution is 0.712. The fourth-order valence-corrected chi connectivity index (χ4v) is 6.12. The molecule has 0 unspecified atom stereocenters. The highest BCUT2D eigenvalue weighted by Gasteiger charge is 2.18. The first kappa shape index (κ1) is 16.6. The van der Waals surface area contributed by atoms with Crippen LogP contribution in [0.5, 0.6) is 0 Å². The van der Waals surface area contributed by atoms with Gasteiger partial charge in [-0.15, -0.1) is 0 Å². The van der Waals surface area contributed by atoms with Crippen molar-refractivity contribution in [1.82, 2.24) is 0 Å². The second-order valence-electron chi connectivity index (χ2n) is 5.47. The molecule has 0 spiro atoms. The predicted molar refractivity (Wildman–Crippen MR) is 103 cm³/mol. The number of alkyl halides is 1. The molecule has 0 nitrogen and oxygen atoms in total. The van der Waals surface area contributed by atoms with Gasteiger partial charge in [-0.05, 0) is 29.6 Å². The van der Waals surface area contributed by atoms with E-state index in [9.17, 15) is 0 Å². The zero-order valence-electron chi connectivity index (χ0n) is 12.5. The van der Waals surface area contributed by atoms with Crippen LogP contribution in [-0.4, -0.2) is 17.8 Å². The number of halogens is 1. The third kappa shape index (κ3) is 4.59. The van der Waals surface area contributed by atoms with Crippen LogP contribution >= 0.6 is 22.8 Å². The second-order valence-corrected chi connectivity index (χ2v) is 9.67. The van der Waals surface area contributed by atoms with Gasteiger partial charge in [0.05, 0.1) is 0 Å². The largest absolute Gasteiger partial charge is 0.0928 e. The minimum atomic E-state index is -1.48. The summed E-state index contributed by atoms with van der Waals surface area (Å²) in [7, 11) is 0. The highest BCUT2D eigenvalue weighted by molar-refractivity contribution is 9.09. The molecule has 2 heteroatoms. The smallest absolute Gasteiger partial charge is 0.00313 e. The molecule has 0 aliphatic rings. The fraction of sp³-hybridized carbons (Fsp3) is 0.316. The van der Waals surface area contributed by atoms with Gasteiger partial charge in [-0.25, -0.2) is 0 Å². The van der Waals surface area contributed by atoms with Crippen molar-refractivity contribution in [1.29, 1.82) is 0 Å². The maximum atomic E-state index is 4.73. The van der Waals surface area contributed by atoms with E-state index < -0.39 is 6.89 Å². The second kappa shape index (κ2) is 8.61. The molecule has 0 amide bonds. The third-order valence-corrected chi connectivity index (χ3v) is 8.14. The molecule has 0 bridgehead atoms. The number of benzene rings is 2. The van der Waals surface area contributed by atoms with Gasteiger partial charge >= 0.3 is 0 Å². The molecule has 21 heavy (non-hydrogen) atoms. The van der Waals surface area contributed by atoms with E-state index in [0.717, 1.165) is 5.33 Å². The molecule has 0 heterocycles. The van der Waals surface area contributed by atoms with Crippen molar-refractivity contribution in [2.24, 2.45) is 0 Å². The van der Waals surface area contributed by atoms with Crippen molar-refractivity contribution < 1.29 is 0 Å². The van der Waals surface area contributed by atoms with Crippen molar-refractivity contribution in [3.05, 3.63) is 60.7 Å². The van der Waals surface area contributed by atoms with Crippen LogP contribution in [-0.2, 0) is 0 Å². The molecule has 0 saturated carbocycles. The minimum Gasteiger partial charge on any atom is -0.0928 e. The Labute approximate surface area is 137 Å². The fourth-order valence-electron chi connectivity index (χ4n) is 2.66. The highest BCUT2D eigenvalue weighted by Crippen LogP contribution is 2.43. The van der Waals surface area contributed by atoms with Gasteiger partial charge in [0, 0.05) is 5.33 Å². The Morgan fingerprint density at radius 2 is 1.19 bits per heavy atom. The molecular formula is C19H24BrP. The van der Waals surface area contributed by atoms with Crippen molar-refractivity contribution in [2.75, 3.05) is 11.5 Å². The lowest BCUT2D eigenvalue weighted by atomic mass is 10.2. The molecule has 0 N–H and O–H groups in total. The average Bonchev–Trinajstić information content (AvgIpc) is 2.56. The first-order valence-electron chi connectivity index (χ1n) is 7.67. The van der Waals surface area contributed by atoms with E-state index in [-0.39, 0.29) is 0 Å². The minimum absolute atomic E-state index is 1.12. The van der Waals surface area contributed by atoms with Gasteiger partial charge in [0.15, 0.2) is 0 Å². The quantitative estimate of drug-likeness (QED) is 0.350. The Hall–Kier alpha value is -0.780. The van der Waals surface area contributed by atoms with Crippen molar-refractivity contribution in [3.63, 3.8) is 0 Å². The van der Waals surface area contributed by atoms with Crippen LogP contribution in [0.25, 0.3) is 0 Å². The summed E-state index contributed by atoms with van der Waals surface area (Å²) in [5.41, 5.74) is 0. The molecule has 0 fully saturated rings. The monoisotopic (exact) mass is 362 g/mol.